The van der Waals surface area contributed by atoms with Crippen molar-refractivity contribution in [2.75, 3.05) is 10.6 Å². The summed E-state index contributed by atoms with van der Waals surface area (Å²) in [6.45, 7) is 0. The van der Waals surface area contributed by atoms with Crippen LogP contribution in [0, 0.1) is 0 Å². The van der Waals surface area contributed by atoms with E-state index in [4.69, 9.17) is 0 Å². The fraction of sp³-hybridized carbons (Fsp3) is 0. The van der Waals surface area contributed by atoms with Crippen LogP contribution in [0.2, 0.25) is 0 Å². The molecule has 3 aromatic carbocycles. The largest absolute Gasteiger partial charge is 0.337 e. The quantitative estimate of drug-likeness (QED) is 0.493. The third kappa shape index (κ3) is 3.23. The van der Waals surface area contributed by atoms with Gasteiger partial charge in [-0.15, -0.1) is 5.10 Å². The molecule has 1 amide bonds. The summed E-state index contributed by atoms with van der Waals surface area (Å²) in [4.78, 5) is 17.0. The molecule has 0 saturated heterocycles. The Morgan fingerprint density at radius 1 is 0.828 bits per heavy atom. The normalized spacial score (nSPS) is 10.9. The zero-order valence-corrected chi connectivity index (χ0v) is 15.1. The van der Waals surface area contributed by atoms with Crippen molar-refractivity contribution in [3.63, 3.8) is 0 Å². The second-order valence-electron chi connectivity index (χ2n) is 6.39. The molecule has 0 aliphatic carbocycles. The lowest BCUT2D eigenvalue weighted by molar-refractivity contribution is 0.102. The summed E-state index contributed by atoms with van der Waals surface area (Å²) >= 11 is 0. The number of hydrogen-bond acceptors (Lipinski definition) is 6. The summed E-state index contributed by atoms with van der Waals surface area (Å²) in [5.74, 6) is 0.366. The summed E-state index contributed by atoms with van der Waals surface area (Å²) in [5, 5.41) is 18.0. The molecule has 5 aromatic rings. The Balaban J connectivity index is 1.41. The highest BCUT2D eigenvalue weighted by Crippen LogP contribution is 2.23. The van der Waals surface area contributed by atoms with Crippen molar-refractivity contribution in [2.45, 2.75) is 0 Å². The number of benzene rings is 3. The molecule has 0 radical (unpaired) electrons. The number of rotatable bonds is 4. The molecule has 0 atom stereocenters. The lowest BCUT2D eigenvalue weighted by atomic mass is 10.2. The lowest BCUT2D eigenvalue weighted by Crippen LogP contribution is -2.11. The summed E-state index contributed by atoms with van der Waals surface area (Å²) in [5.41, 5.74) is 4.20. The molecule has 8 heteroatoms. The van der Waals surface area contributed by atoms with Crippen LogP contribution in [0.3, 0.4) is 0 Å². The highest BCUT2D eigenvalue weighted by Gasteiger charge is 2.12. The van der Waals surface area contributed by atoms with Gasteiger partial charge < -0.3 is 10.6 Å². The van der Waals surface area contributed by atoms with Gasteiger partial charge in [0.25, 0.3) is 5.91 Å². The molecule has 2 heterocycles. The maximum atomic E-state index is 12.4. The zero-order chi connectivity index (χ0) is 19.6. The summed E-state index contributed by atoms with van der Waals surface area (Å²) in [7, 11) is 0. The first kappa shape index (κ1) is 16.8. The predicted octanol–water partition coefficient (Wildman–Crippen LogP) is 3.67. The van der Waals surface area contributed by atoms with Gasteiger partial charge in [-0.05, 0) is 59.0 Å². The average Bonchev–Trinajstić information content (AvgIpc) is 3.26. The van der Waals surface area contributed by atoms with Crippen molar-refractivity contribution in [1.29, 1.82) is 0 Å². The van der Waals surface area contributed by atoms with Gasteiger partial charge in [0.1, 0.15) is 0 Å². The maximum Gasteiger partial charge on any atom is 0.255 e. The summed E-state index contributed by atoms with van der Waals surface area (Å²) < 4.78 is 1.65. The van der Waals surface area contributed by atoms with Crippen LogP contribution in [-0.4, -0.2) is 30.9 Å². The van der Waals surface area contributed by atoms with E-state index in [0.29, 0.717) is 17.0 Å². The molecular formula is C21H15N7O. The number of anilines is 3. The number of hydrogen-bond donors (Lipinski definition) is 2. The monoisotopic (exact) mass is 381 g/mol. The van der Waals surface area contributed by atoms with Crippen molar-refractivity contribution >= 4 is 39.8 Å². The van der Waals surface area contributed by atoms with E-state index in [1.165, 1.54) is 0 Å². The third-order valence-electron chi connectivity index (χ3n) is 4.46. The van der Waals surface area contributed by atoms with Gasteiger partial charge in [-0.3, -0.25) is 4.79 Å². The van der Waals surface area contributed by atoms with Gasteiger partial charge in [0.05, 0.1) is 11.0 Å². The first-order valence-electron chi connectivity index (χ1n) is 8.98. The highest BCUT2D eigenvalue weighted by molar-refractivity contribution is 6.04. The molecule has 0 fully saturated rings. The van der Waals surface area contributed by atoms with Crippen LogP contribution in [-0.2, 0) is 0 Å². The van der Waals surface area contributed by atoms with E-state index < -0.39 is 0 Å². The van der Waals surface area contributed by atoms with E-state index in [0.717, 1.165) is 22.4 Å². The van der Waals surface area contributed by atoms with Crippen LogP contribution < -0.4 is 10.6 Å². The van der Waals surface area contributed by atoms with Gasteiger partial charge in [-0.25, -0.2) is 4.98 Å². The molecule has 5 rings (SSSR count). The number of para-hydroxylation sites is 3. The molecule has 0 unspecified atom stereocenters. The standard InChI is InChI=1S/C21H15N7O/c29-21(23-15-6-2-1-3-7-15)14-10-12-16(13-11-14)22-19-20-25-26-27-28(20)18-9-5-4-8-17(18)24-19/h1-13H,(H,22,24)(H,23,29). The molecule has 0 saturated carbocycles. The SMILES string of the molecule is O=C(Nc1ccccc1)c1ccc(Nc2nc3ccccc3n3nnnc23)cc1. The highest BCUT2D eigenvalue weighted by atomic mass is 16.1. The third-order valence-corrected chi connectivity index (χ3v) is 4.46. The molecular weight excluding hydrogens is 366 g/mol. The smallest absolute Gasteiger partial charge is 0.255 e. The summed E-state index contributed by atoms with van der Waals surface area (Å²) in [6.07, 6.45) is 0. The number of aromatic nitrogens is 5. The maximum absolute atomic E-state index is 12.4. The first-order valence-corrected chi connectivity index (χ1v) is 8.98. The van der Waals surface area contributed by atoms with Gasteiger partial charge in [0, 0.05) is 16.9 Å². The number of carbonyl (C=O) groups excluding carboxylic acids is 1. The summed E-state index contributed by atoms with van der Waals surface area (Å²) in [6, 6.07) is 24.1. The molecule has 140 valence electrons. The van der Waals surface area contributed by atoms with Gasteiger partial charge >= 0.3 is 0 Å². The van der Waals surface area contributed by atoms with E-state index in [2.05, 4.69) is 31.1 Å². The average molecular weight is 381 g/mol. The van der Waals surface area contributed by atoms with E-state index >= 15 is 0 Å². The minimum Gasteiger partial charge on any atom is -0.337 e. The Bertz CT molecular complexity index is 1310. The fourth-order valence-electron chi connectivity index (χ4n) is 3.06. The van der Waals surface area contributed by atoms with Crippen molar-refractivity contribution in [2.24, 2.45) is 0 Å². The predicted molar refractivity (Wildman–Crippen MR) is 110 cm³/mol. The number of amides is 1. The number of nitrogens with zero attached hydrogens (tertiary/aromatic N) is 5. The molecule has 0 aliphatic heterocycles. The Kier molecular flexibility index (Phi) is 4.06. The Hall–Kier alpha value is -4.33. The minimum atomic E-state index is -0.171. The van der Waals surface area contributed by atoms with Gasteiger partial charge in [-0.2, -0.15) is 4.52 Å². The van der Waals surface area contributed by atoms with Gasteiger partial charge in [-0.1, -0.05) is 30.3 Å². The second-order valence-corrected chi connectivity index (χ2v) is 6.39. The zero-order valence-electron chi connectivity index (χ0n) is 15.1. The molecule has 2 N–H and O–H groups in total. The van der Waals surface area contributed by atoms with Crippen LogP contribution in [0.15, 0.2) is 78.9 Å². The molecule has 8 nitrogen and oxygen atoms in total. The Morgan fingerprint density at radius 2 is 1.59 bits per heavy atom. The Morgan fingerprint density at radius 3 is 2.41 bits per heavy atom. The topological polar surface area (TPSA) is 97.1 Å². The van der Waals surface area contributed by atoms with Crippen LogP contribution in [0.1, 0.15) is 10.4 Å². The van der Waals surface area contributed by atoms with Gasteiger partial charge in [0.2, 0.25) is 5.65 Å². The fourth-order valence-corrected chi connectivity index (χ4v) is 3.06. The van der Waals surface area contributed by atoms with Crippen LogP contribution >= 0.6 is 0 Å². The number of tetrazole rings is 1. The van der Waals surface area contributed by atoms with Crippen molar-refractivity contribution < 1.29 is 4.79 Å². The number of nitrogens with one attached hydrogen (secondary N) is 2. The number of fused-ring (bicyclic) bond motifs is 3. The molecule has 0 bridgehead atoms. The van der Waals surface area contributed by atoms with Crippen LogP contribution in [0.25, 0.3) is 16.7 Å². The molecule has 29 heavy (non-hydrogen) atoms. The minimum absolute atomic E-state index is 0.171. The van der Waals surface area contributed by atoms with Crippen molar-refractivity contribution in [1.82, 2.24) is 25.0 Å². The van der Waals surface area contributed by atoms with Crippen LogP contribution in [0.5, 0.6) is 0 Å². The first-order chi connectivity index (χ1) is 14.3. The molecule has 2 aromatic heterocycles. The van der Waals surface area contributed by atoms with E-state index in [-0.39, 0.29) is 5.91 Å². The van der Waals surface area contributed by atoms with E-state index in [1.54, 1.807) is 16.6 Å². The van der Waals surface area contributed by atoms with Crippen molar-refractivity contribution in [3.05, 3.63) is 84.4 Å². The Labute approximate surface area is 165 Å². The lowest BCUT2D eigenvalue weighted by Gasteiger charge is -2.09. The molecule has 0 spiro atoms. The van der Waals surface area contributed by atoms with Gasteiger partial charge in [0.15, 0.2) is 5.82 Å². The van der Waals surface area contributed by atoms with E-state index in [9.17, 15) is 4.79 Å². The van der Waals surface area contributed by atoms with Crippen LogP contribution in [0.4, 0.5) is 17.2 Å². The number of carbonyl (C=O) groups is 1. The van der Waals surface area contributed by atoms with Crippen molar-refractivity contribution in [3.8, 4) is 0 Å². The van der Waals surface area contributed by atoms with E-state index in [1.807, 2.05) is 66.7 Å². The second kappa shape index (κ2) is 7.01. The molecule has 0 aliphatic rings.